The first kappa shape index (κ1) is 27.8. The number of para-hydroxylation sites is 1. The number of primary amides is 1. The van der Waals surface area contributed by atoms with E-state index in [2.05, 4.69) is 6.07 Å². The van der Waals surface area contributed by atoms with Gasteiger partial charge in [-0.1, -0.05) is 36.4 Å². The van der Waals surface area contributed by atoms with Crippen LogP contribution in [0.3, 0.4) is 0 Å². The van der Waals surface area contributed by atoms with Gasteiger partial charge in [0, 0.05) is 18.2 Å². The fourth-order valence-electron chi connectivity index (χ4n) is 6.18. The monoisotopic (exact) mass is 574 g/mol. The van der Waals surface area contributed by atoms with Crippen molar-refractivity contribution in [3.8, 4) is 34.0 Å². The van der Waals surface area contributed by atoms with Crippen LogP contribution in [0.15, 0.2) is 70.3 Å². The Labute approximate surface area is 245 Å². The molecule has 1 heterocycles. The zero-order valence-corrected chi connectivity index (χ0v) is 23.9. The number of nitrogens with two attached hydrogens (primary N) is 1. The van der Waals surface area contributed by atoms with Crippen LogP contribution in [0.5, 0.6) is 0 Å². The van der Waals surface area contributed by atoms with E-state index in [0.29, 0.717) is 39.8 Å². The molecule has 4 aromatic carbocycles. The second kappa shape index (κ2) is 9.61. The molecule has 0 fully saturated rings. The van der Waals surface area contributed by atoms with Crippen molar-refractivity contribution in [1.29, 1.82) is 5.26 Å². The molecular formula is C34H27FN4O4. The van der Waals surface area contributed by atoms with Crippen molar-refractivity contribution in [3.05, 3.63) is 121 Å². The smallest absolute Gasteiger partial charge is 0.335 e. The van der Waals surface area contributed by atoms with Crippen LogP contribution in [-0.2, 0) is 19.1 Å². The van der Waals surface area contributed by atoms with Crippen LogP contribution in [0.1, 0.15) is 52.0 Å². The van der Waals surface area contributed by atoms with E-state index in [1.54, 1.807) is 39.0 Å². The predicted molar refractivity (Wildman–Crippen MR) is 162 cm³/mol. The molecule has 3 N–H and O–H groups in total. The summed E-state index contributed by atoms with van der Waals surface area (Å²) in [5, 5.41) is 21.0. The van der Waals surface area contributed by atoms with Crippen LogP contribution >= 0.6 is 0 Å². The number of nitrogens with zero attached hydrogens (tertiary/aromatic N) is 3. The van der Waals surface area contributed by atoms with Crippen molar-refractivity contribution in [2.45, 2.75) is 32.8 Å². The number of nitriles is 1. The topological polar surface area (TPSA) is 131 Å². The number of hydrogen-bond donors (Lipinski definition) is 2. The summed E-state index contributed by atoms with van der Waals surface area (Å²) < 4.78 is 16.7. The van der Waals surface area contributed by atoms with Gasteiger partial charge >= 0.3 is 5.69 Å². The van der Waals surface area contributed by atoms with Gasteiger partial charge in [0.15, 0.2) is 0 Å². The van der Waals surface area contributed by atoms with Gasteiger partial charge in [-0.15, -0.1) is 0 Å². The van der Waals surface area contributed by atoms with Gasteiger partial charge in [-0.2, -0.15) is 5.26 Å². The summed E-state index contributed by atoms with van der Waals surface area (Å²) in [6.07, 6.45) is 0.362. The number of aromatic nitrogens is 2. The van der Waals surface area contributed by atoms with Crippen LogP contribution in [-0.4, -0.2) is 20.1 Å². The Morgan fingerprint density at radius 1 is 1.05 bits per heavy atom. The van der Waals surface area contributed by atoms with Crippen molar-refractivity contribution in [1.82, 2.24) is 9.13 Å². The maximum Gasteiger partial charge on any atom is 0.335 e. The Bertz CT molecular complexity index is 2210. The Morgan fingerprint density at radius 3 is 2.44 bits per heavy atom. The highest BCUT2D eigenvalue weighted by atomic mass is 19.1. The predicted octanol–water partition coefficient (Wildman–Crippen LogP) is 4.57. The van der Waals surface area contributed by atoms with Gasteiger partial charge in [-0.05, 0) is 90.4 Å². The highest BCUT2D eigenvalue weighted by Crippen LogP contribution is 2.48. The molecule has 0 spiro atoms. The molecule has 0 aliphatic heterocycles. The van der Waals surface area contributed by atoms with E-state index >= 15 is 0 Å². The summed E-state index contributed by atoms with van der Waals surface area (Å²) in [5.41, 5.74) is 9.23. The summed E-state index contributed by atoms with van der Waals surface area (Å²) in [6.45, 7) is 5.12. The minimum Gasteiger partial charge on any atom is -0.386 e. The third kappa shape index (κ3) is 4.10. The van der Waals surface area contributed by atoms with Gasteiger partial charge in [-0.3, -0.25) is 14.2 Å². The third-order valence-corrected chi connectivity index (χ3v) is 8.32. The highest BCUT2D eigenvalue weighted by molar-refractivity contribution is 6.04. The Hall–Kier alpha value is -5.33. The molecule has 214 valence electrons. The van der Waals surface area contributed by atoms with E-state index in [-0.39, 0.29) is 27.7 Å². The van der Waals surface area contributed by atoms with Crippen LogP contribution in [0.25, 0.3) is 38.8 Å². The molecule has 6 rings (SSSR count). The van der Waals surface area contributed by atoms with E-state index in [4.69, 9.17) is 5.73 Å². The van der Waals surface area contributed by atoms with Gasteiger partial charge in [0.05, 0.1) is 33.8 Å². The van der Waals surface area contributed by atoms with E-state index in [1.807, 2.05) is 18.2 Å². The van der Waals surface area contributed by atoms with E-state index < -0.39 is 28.6 Å². The first-order valence-electron chi connectivity index (χ1n) is 13.6. The van der Waals surface area contributed by atoms with Crippen molar-refractivity contribution in [2.24, 2.45) is 12.8 Å². The number of amides is 1. The fraction of sp³-hybridized carbons (Fsp3) is 0.176. The van der Waals surface area contributed by atoms with Gasteiger partial charge in [0.1, 0.15) is 5.82 Å². The molecule has 9 heteroatoms. The molecule has 1 amide bonds. The molecule has 1 aromatic heterocycles. The Kier molecular flexibility index (Phi) is 6.22. The second-order valence-electron chi connectivity index (χ2n) is 11.4. The van der Waals surface area contributed by atoms with E-state index in [0.717, 1.165) is 20.3 Å². The van der Waals surface area contributed by atoms with Crippen LogP contribution < -0.4 is 17.0 Å². The number of carbonyl (C=O) groups excluding carboxylic acids is 1. The average Bonchev–Trinajstić information content (AvgIpc) is 3.34. The largest absolute Gasteiger partial charge is 0.386 e. The summed E-state index contributed by atoms with van der Waals surface area (Å²) in [5.74, 6) is -1.35. The number of halogens is 1. The first-order valence-corrected chi connectivity index (χ1v) is 13.6. The molecule has 8 nitrogen and oxygen atoms in total. The van der Waals surface area contributed by atoms with Crippen molar-refractivity contribution >= 4 is 16.8 Å². The van der Waals surface area contributed by atoms with E-state index in [9.17, 15) is 29.1 Å². The summed E-state index contributed by atoms with van der Waals surface area (Å²) in [6, 6.07) is 18.4. The van der Waals surface area contributed by atoms with Gasteiger partial charge in [-0.25, -0.2) is 13.8 Å². The number of fused-ring (bicyclic) bond motifs is 4. The molecular weight excluding hydrogens is 547 g/mol. The van der Waals surface area contributed by atoms with Crippen molar-refractivity contribution in [3.63, 3.8) is 0 Å². The van der Waals surface area contributed by atoms with Crippen molar-refractivity contribution < 1.29 is 14.3 Å². The van der Waals surface area contributed by atoms with Crippen LogP contribution in [0.4, 0.5) is 4.39 Å². The highest BCUT2D eigenvalue weighted by Gasteiger charge is 2.31. The lowest BCUT2D eigenvalue weighted by molar-refractivity contribution is 0.0785. The maximum absolute atomic E-state index is 14.6. The molecule has 43 heavy (non-hydrogen) atoms. The zero-order chi connectivity index (χ0) is 31.0. The Balaban J connectivity index is 1.68. The first-order chi connectivity index (χ1) is 20.3. The Morgan fingerprint density at radius 2 is 1.77 bits per heavy atom. The molecule has 5 aromatic rings. The normalized spacial score (nSPS) is 12.2. The average molecular weight is 575 g/mol. The SMILES string of the molecule is Cc1c(-c2c(C#N)cc(C(N)=O)c3c2-c2ccc(C(C)(C)O)cc2C3)cccc1-n1c(=O)c2cccc(F)c2n(C)c1=O. The van der Waals surface area contributed by atoms with Crippen molar-refractivity contribution in [2.75, 3.05) is 0 Å². The molecule has 0 bridgehead atoms. The minimum absolute atomic E-state index is 0.0489. The van der Waals surface area contributed by atoms with Gasteiger partial charge in [0.25, 0.3) is 5.56 Å². The minimum atomic E-state index is -1.09. The molecule has 0 saturated carbocycles. The number of carbonyl (C=O) groups is 1. The number of rotatable bonds is 4. The molecule has 0 radical (unpaired) electrons. The number of hydrogen-bond acceptors (Lipinski definition) is 5. The lowest BCUT2D eigenvalue weighted by Crippen LogP contribution is -2.38. The van der Waals surface area contributed by atoms with Gasteiger partial charge < -0.3 is 10.8 Å². The lowest BCUT2D eigenvalue weighted by atomic mass is 9.85. The van der Waals surface area contributed by atoms with Gasteiger partial charge in [0.2, 0.25) is 5.91 Å². The molecule has 1 aliphatic carbocycles. The molecule has 0 unspecified atom stereocenters. The second-order valence-corrected chi connectivity index (χ2v) is 11.4. The number of aryl methyl sites for hydroxylation is 1. The van der Waals surface area contributed by atoms with Crippen LogP contribution in [0, 0.1) is 24.1 Å². The zero-order valence-electron chi connectivity index (χ0n) is 23.9. The fourth-order valence-corrected chi connectivity index (χ4v) is 6.18. The van der Waals surface area contributed by atoms with Crippen LogP contribution in [0.2, 0.25) is 0 Å². The molecule has 0 atom stereocenters. The summed E-state index contributed by atoms with van der Waals surface area (Å²) >= 11 is 0. The standard InChI is InChI=1S/C34H27FN4O4/c1-17-21(7-6-10-27(17)39-32(41)23-8-5-9-26(35)30(23)38(4)33(39)42)28-19(16-36)15-25(31(37)40)24-14-18-13-20(34(2,3)43)11-12-22(18)29(24)28/h5-13,15,43H,14H2,1-4H3,(H2,37,40). The molecule has 0 saturated heterocycles. The number of benzene rings is 4. The summed E-state index contributed by atoms with van der Waals surface area (Å²) in [4.78, 5) is 39.7. The van der Waals surface area contributed by atoms with E-state index in [1.165, 1.54) is 31.3 Å². The maximum atomic E-state index is 14.6. The summed E-state index contributed by atoms with van der Waals surface area (Å²) in [7, 11) is 1.41. The quantitative estimate of drug-likeness (QED) is 0.318. The number of aliphatic hydroxyl groups is 1. The lowest BCUT2D eigenvalue weighted by Gasteiger charge is -2.20. The third-order valence-electron chi connectivity index (χ3n) is 8.32. The molecule has 1 aliphatic rings.